The third-order valence-electron chi connectivity index (χ3n) is 6.98. The van der Waals surface area contributed by atoms with Crippen molar-refractivity contribution in [3.8, 4) is 0 Å². The first-order valence-electron chi connectivity index (χ1n) is 10.8. The Labute approximate surface area is 172 Å². The SMILES string of the molecule is CNc1ncc(C(=O)N2C[C@@H]3C[C@H](C2)[C@@H]2CCC[C@H](c4ccccc4)N2C3)cn1. The Kier molecular flexibility index (Phi) is 4.96. The van der Waals surface area contributed by atoms with Crippen LogP contribution in [0.3, 0.4) is 0 Å². The number of anilines is 1. The van der Waals surface area contributed by atoms with E-state index in [2.05, 4.69) is 55.4 Å². The fourth-order valence-corrected chi connectivity index (χ4v) is 5.76. The van der Waals surface area contributed by atoms with Gasteiger partial charge in [0.15, 0.2) is 0 Å². The van der Waals surface area contributed by atoms with Gasteiger partial charge in [0.25, 0.3) is 5.91 Å². The zero-order valence-electron chi connectivity index (χ0n) is 17.0. The molecule has 4 heterocycles. The van der Waals surface area contributed by atoms with Crippen molar-refractivity contribution in [3.63, 3.8) is 0 Å². The van der Waals surface area contributed by atoms with Crippen LogP contribution in [0.25, 0.3) is 0 Å². The number of fused-ring (bicyclic) bond motifs is 4. The Hall–Kier alpha value is -2.47. The first-order valence-corrected chi connectivity index (χ1v) is 10.8. The van der Waals surface area contributed by atoms with Crippen molar-refractivity contribution in [2.24, 2.45) is 11.8 Å². The highest BCUT2D eigenvalue weighted by Gasteiger charge is 2.45. The van der Waals surface area contributed by atoms with Crippen LogP contribution in [0.5, 0.6) is 0 Å². The number of amides is 1. The molecule has 152 valence electrons. The summed E-state index contributed by atoms with van der Waals surface area (Å²) in [6, 6.07) is 12.1. The molecule has 3 saturated heterocycles. The molecule has 1 aromatic carbocycles. The highest BCUT2D eigenvalue weighted by Crippen LogP contribution is 2.44. The largest absolute Gasteiger partial charge is 0.357 e. The lowest BCUT2D eigenvalue weighted by Crippen LogP contribution is -2.60. The second-order valence-corrected chi connectivity index (χ2v) is 8.74. The molecule has 0 unspecified atom stereocenters. The Morgan fingerprint density at radius 1 is 1.07 bits per heavy atom. The van der Waals surface area contributed by atoms with Crippen molar-refractivity contribution in [1.82, 2.24) is 19.8 Å². The highest BCUT2D eigenvalue weighted by molar-refractivity contribution is 5.93. The van der Waals surface area contributed by atoms with Crippen LogP contribution in [0.1, 0.15) is 47.6 Å². The predicted molar refractivity (Wildman–Crippen MR) is 113 cm³/mol. The molecular formula is C23H29N5O. The van der Waals surface area contributed by atoms with E-state index in [9.17, 15) is 4.79 Å². The monoisotopic (exact) mass is 391 g/mol. The number of carbonyl (C=O) groups excluding carboxylic acids is 1. The van der Waals surface area contributed by atoms with Crippen LogP contribution >= 0.6 is 0 Å². The van der Waals surface area contributed by atoms with Gasteiger partial charge in [-0.25, -0.2) is 9.97 Å². The summed E-state index contributed by atoms with van der Waals surface area (Å²) < 4.78 is 0. The number of aromatic nitrogens is 2. The molecule has 6 heteroatoms. The van der Waals surface area contributed by atoms with Crippen molar-refractivity contribution >= 4 is 11.9 Å². The van der Waals surface area contributed by atoms with Crippen molar-refractivity contribution in [3.05, 3.63) is 53.9 Å². The minimum atomic E-state index is 0.0752. The van der Waals surface area contributed by atoms with Gasteiger partial charge in [0, 0.05) is 51.2 Å². The molecule has 2 aromatic rings. The average Bonchev–Trinajstić information content (AvgIpc) is 2.79. The fourth-order valence-electron chi connectivity index (χ4n) is 5.76. The molecule has 3 aliphatic rings. The van der Waals surface area contributed by atoms with Crippen molar-refractivity contribution in [2.75, 3.05) is 32.0 Å². The molecule has 1 aromatic heterocycles. The lowest BCUT2D eigenvalue weighted by molar-refractivity contribution is -0.0511. The quantitative estimate of drug-likeness (QED) is 0.871. The molecule has 0 spiro atoms. The minimum absolute atomic E-state index is 0.0752. The van der Waals surface area contributed by atoms with Crippen LogP contribution in [0.2, 0.25) is 0 Å². The number of likely N-dealkylation sites (tertiary alicyclic amines) is 1. The van der Waals surface area contributed by atoms with E-state index in [1.165, 1.54) is 31.2 Å². The van der Waals surface area contributed by atoms with Crippen LogP contribution in [-0.4, -0.2) is 58.4 Å². The summed E-state index contributed by atoms with van der Waals surface area (Å²) in [5, 5.41) is 2.90. The van der Waals surface area contributed by atoms with E-state index in [0.717, 1.165) is 19.6 Å². The number of rotatable bonds is 3. The zero-order valence-corrected chi connectivity index (χ0v) is 17.0. The molecule has 0 saturated carbocycles. The third-order valence-corrected chi connectivity index (χ3v) is 6.98. The van der Waals surface area contributed by atoms with Gasteiger partial charge < -0.3 is 10.2 Å². The number of nitrogens with one attached hydrogen (secondary N) is 1. The Morgan fingerprint density at radius 3 is 2.62 bits per heavy atom. The van der Waals surface area contributed by atoms with Crippen molar-refractivity contribution in [2.45, 2.75) is 37.8 Å². The Balaban J connectivity index is 1.33. The summed E-state index contributed by atoms with van der Waals surface area (Å²) in [5.74, 6) is 1.74. The van der Waals surface area contributed by atoms with Gasteiger partial charge in [-0.05, 0) is 43.1 Å². The summed E-state index contributed by atoms with van der Waals surface area (Å²) in [6.45, 7) is 2.79. The topological polar surface area (TPSA) is 61.4 Å². The second kappa shape index (κ2) is 7.75. The van der Waals surface area contributed by atoms with E-state index in [0.29, 0.717) is 35.4 Å². The normalized spacial score (nSPS) is 29.2. The van der Waals surface area contributed by atoms with Gasteiger partial charge in [-0.3, -0.25) is 9.69 Å². The van der Waals surface area contributed by atoms with Crippen molar-refractivity contribution < 1.29 is 4.79 Å². The van der Waals surface area contributed by atoms with E-state index in [1.54, 1.807) is 19.4 Å². The lowest BCUT2D eigenvalue weighted by atomic mass is 9.74. The molecular weight excluding hydrogens is 362 g/mol. The summed E-state index contributed by atoms with van der Waals surface area (Å²) in [4.78, 5) is 26.3. The van der Waals surface area contributed by atoms with Gasteiger partial charge in [-0.15, -0.1) is 0 Å². The smallest absolute Gasteiger partial charge is 0.257 e. The molecule has 5 rings (SSSR count). The maximum atomic E-state index is 13.1. The Bertz CT molecular complexity index is 855. The number of nitrogens with zero attached hydrogens (tertiary/aromatic N) is 4. The van der Waals surface area contributed by atoms with Gasteiger partial charge in [-0.1, -0.05) is 30.3 Å². The molecule has 2 bridgehead atoms. The zero-order chi connectivity index (χ0) is 19.8. The second-order valence-electron chi connectivity index (χ2n) is 8.74. The first-order chi connectivity index (χ1) is 14.2. The van der Waals surface area contributed by atoms with Gasteiger partial charge >= 0.3 is 0 Å². The summed E-state index contributed by atoms with van der Waals surface area (Å²) in [5.41, 5.74) is 2.04. The molecule has 0 radical (unpaired) electrons. The van der Waals surface area contributed by atoms with E-state index < -0.39 is 0 Å². The number of piperidine rings is 3. The number of carbonyl (C=O) groups is 1. The number of hydrogen-bond donors (Lipinski definition) is 1. The lowest BCUT2D eigenvalue weighted by Gasteiger charge is -2.55. The Morgan fingerprint density at radius 2 is 1.86 bits per heavy atom. The van der Waals surface area contributed by atoms with Gasteiger partial charge in [0.2, 0.25) is 5.95 Å². The third kappa shape index (κ3) is 3.50. The standard InChI is InChI=1S/C23H29N5O/c1-24-23-25-11-19(12-26-23)22(29)27-13-16-10-18(15-27)21-9-5-8-20(28(21)14-16)17-6-3-2-4-7-17/h2-4,6-7,11-12,16,18,20-21H,5,8-10,13-15H2,1H3,(H,24,25,26)/t16-,18+,20+,21-/m0/s1. The molecule has 3 fully saturated rings. The molecule has 4 atom stereocenters. The minimum Gasteiger partial charge on any atom is -0.357 e. The van der Waals surface area contributed by atoms with Crippen LogP contribution in [0.4, 0.5) is 5.95 Å². The van der Waals surface area contributed by atoms with E-state index >= 15 is 0 Å². The average molecular weight is 392 g/mol. The number of benzene rings is 1. The van der Waals surface area contributed by atoms with Crippen LogP contribution in [0.15, 0.2) is 42.7 Å². The summed E-state index contributed by atoms with van der Waals surface area (Å²) >= 11 is 0. The fraction of sp³-hybridized carbons (Fsp3) is 0.522. The molecule has 1 N–H and O–H groups in total. The molecule has 6 nitrogen and oxygen atoms in total. The number of hydrogen-bond acceptors (Lipinski definition) is 5. The maximum absolute atomic E-state index is 13.1. The van der Waals surface area contributed by atoms with Gasteiger partial charge in [-0.2, -0.15) is 0 Å². The van der Waals surface area contributed by atoms with E-state index in [-0.39, 0.29) is 5.91 Å². The van der Waals surface area contributed by atoms with E-state index in [4.69, 9.17) is 0 Å². The first kappa shape index (κ1) is 18.6. The molecule has 29 heavy (non-hydrogen) atoms. The molecule has 1 amide bonds. The van der Waals surface area contributed by atoms with E-state index in [1.807, 2.05) is 0 Å². The van der Waals surface area contributed by atoms with Crippen LogP contribution in [0, 0.1) is 11.8 Å². The molecule has 0 aliphatic carbocycles. The van der Waals surface area contributed by atoms with Gasteiger partial charge in [0.1, 0.15) is 0 Å². The maximum Gasteiger partial charge on any atom is 0.257 e. The summed E-state index contributed by atoms with van der Waals surface area (Å²) in [6.07, 6.45) is 8.31. The predicted octanol–water partition coefficient (Wildman–Crippen LogP) is 3.21. The van der Waals surface area contributed by atoms with Crippen LogP contribution in [-0.2, 0) is 0 Å². The molecule has 3 aliphatic heterocycles. The highest BCUT2D eigenvalue weighted by atomic mass is 16.2. The summed E-state index contributed by atoms with van der Waals surface area (Å²) in [7, 11) is 1.78. The van der Waals surface area contributed by atoms with Crippen molar-refractivity contribution in [1.29, 1.82) is 0 Å². The van der Waals surface area contributed by atoms with Crippen LogP contribution < -0.4 is 5.32 Å². The van der Waals surface area contributed by atoms with Gasteiger partial charge in [0.05, 0.1) is 5.56 Å².